The lowest BCUT2D eigenvalue weighted by atomic mass is 9.67. The Morgan fingerprint density at radius 1 is 1.42 bits per heavy atom. The molecule has 1 aromatic carbocycles. The van der Waals surface area contributed by atoms with Crippen molar-refractivity contribution in [2.24, 2.45) is 5.41 Å². The van der Waals surface area contributed by atoms with Crippen molar-refractivity contribution in [3.63, 3.8) is 0 Å². The molecule has 1 fully saturated rings. The molecule has 2 aromatic rings. The molecule has 19 heavy (non-hydrogen) atoms. The highest BCUT2D eigenvalue weighted by Crippen LogP contribution is 2.46. The predicted octanol–water partition coefficient (Wildman–Crippen LogP) is 3.21. The van der Waals surface area contributed by atoms with Crippen molar-refractivity contribution in [3.05, 3.63) is 18.2 Å². The van der Waals surface area contributed by atoms with Gasteiger partial charge < -0.3 is 15.0 Å². The highest BCUT2D eigenvalue weighted by Gasteiger charge is 2.36. The summed E-state index contributed by atoms with van der Waals surface area (Å²) in [6.07, 6.45) is 5.14. The predicted molar refractivity (Wildman–Crippen MR) is 77.3 cm³/mol. The van der Waals surface area contributed by atoms with Gasteiger partial charge in [0, 0.05) is 6.54 Å². The number of nitrogens with two attached hydrogens (primary N) is 1. The molecule has 0 radical (unpaired) electrons. The lowest BCUT2D eigenvalue weighted by molar-refractivity contribution is 0.103. The third kappa shape index (κ3) is 1.86. The molecule has 0 aliphatic heterocycles. The van der Waals surface area contributed by atoms with Crippen LogP contribution in [0.5, 0.6) is 5.75 Å². The van der Waals surface area contributed by atoms with Gasteiger partial charge in [-0.15, -0.1) is 0 Å². The van der Waals surface area contributed by atoms with Crippen molar-refractivity contribution in [1.82, 2.24) is 9.55 Å². The second-order valence-electron chi connectivity index (χ2n) is 5.59. The van der Waals surface area contributed by atoms with Crippen molar-refractivity contribution in [1.29, 1.82) is 0 Å². The van der Waals surface area contributed by atoms with Crippen LogP contribution in [0.4, 0.5) is 5.95 Å². The second-order valence-corrected chi connectivity index (χ2v) is 5.59. The molecule has 1 saturated carbocycles. The van der Waals surface area contributed by atoms with Gasteiger partial charge >= 0.3 is 0 Å². The van der Waals surface area contributed by atoms with Crippen molar-refractivity contribution in [3.8, 4) is 5.75 Å². The fourth-order valence-corrected chi connectivity index (χ4v) is 3.11. The topological polar surface area (TPSA) is 53.1 Å². The summed E-state index contributed by atoms with van der Waals surface area (Å²) in [5.74, 6) is 1.39. The average Bonchev–Trinajstić information content (AvgIpc) is 2.69. The van der Waals surface area contributed by atoms with Crippen molar-refractivity contribution in [2.75, 3.05) is 12.8 Å². The van der Waals surface area contributed by atoms with E-state index in [1.54, 1.807) is 7.11 Å². The van der Waals surface area contributed by atoms with Crippen molar-refractivity contribution < 1.29 is 4.74 Å². The number of rotatable bonds is 4. The van der Waals surface area contributed by atoms with E-state index < -0.39 is 0 Å². The average molecular weight is 259 g/mol. The molecular formula is C15H21N3O. The highest BCUT2D eigenvalue weighted by molar-refractivity contribution is 5.84. The van der Waals surface area contributed by atoms with Crippen LogP contribution >= 0.6 is 0 Å². The molecule has 1 aromatic heterocycles. The van der Waals surface area contributed by atoms with Gasteiger partial charge in [0.25, 0.3) is 0 Å². The molecule has 1 aliphatic carbocycles. The van der Waals surface area contributed by atoms with E-state index in [-0.39, 0.29) is 0 Å². The third-order valence-corrected chi connectivity index (χ3v) is 4.65. The number of nitrogen functional groups attached to an aromatic ring is 1. The quantitative estimate of drug-likeness (QED) is 0.917. The summed E-state index contributed by atoms with van der Waals surface area (Å²) in [4.78, 5) is 4.48. The Hall–Kier alpha value is -1.71. The van der Waals surface area contributed by atoms with Crippen molar-refractivity contribution in [2.45, 2.75) is 39.2 Å². The van der Waals surface area contributed by atoms with E-state index >= 15 is 0 Å². The third-order valence-electron chi connectivity index (χ3n) is 4.65. The first-order chi connectivity index (χ1) is 9.19. The molecule has 2 N–H and O–H groups in total. The molecule has 1 heterocycles. The summed E-state index contributed by atoms with van der Waals surface area (Å²) in [7, 11) is 1.67. The fraction of sp³-hybridized carbons (Fsp3) is 0.533. The van der Waals surface area contributed by atoms with Crippen LogP contribution in [-0.4, -0.2) is 16.7 Å². The van der Waals surface area contributed by atoms with E-state index in [2.05, 4.69) is 22.5 Å². The molecule has 1 aliphatic rings. The number of imidazole rings is 1. The molecule has 0 amide bonds. The maximum Gasteiger partial charge on any atom is 0.201 e. The Bertz CT molecular complexity index is 593. The van der Waals surface area contributed by atoms with Crippen LogP contribution in [0.1, 0.15) is 32.6 Å². The zero-order valence-electron chi connectivity index (χ0n) is 11.6. The molecule has 0 bridgehead atoms. The molecule has 0 atom stereocenters. The van der Waals surface area contributed by atoms with Crippen LogP contribution in [-0.2, 0) is 6.54 Å². The fourth-order valence-electron chi connectivity index (χ4n) is 3.11. The first kappa shape index (κ1) is 12.3. The zero-order valence-corrected chi connectivity index (χ0v) is 11.6. The SMILES string of the molecule is CCC1(Cn2c(N)nc3c(OC)cccc32)CCC1. The smallest absolute Gasteiger partial charge is 0.201 e. The number of benzene rings is 1. The molecule has 0 unspecified atom stereocenters. The van der Waals surface area contributed by atoms with E-state index in [9.17, 15) is 0 Å². The number of hydrogen-bond donors (Lipinski definition) is 1. The van der Waals surface area contributed by atoms with Crippen LogP contribution in [0.3, 0.4) is 0 Å². The maximum absolute atomic E-state index is 6.11. The summed E-state index contributed by atoms with van der Waals surface area (Å²) in [6.45, 7) is 3.24. The van der Waals surface area contributed by atoms with Gasteiger partial charge in [-0.05, 0) is 36.8 Å². The molecule has 0 spiro atoms. The van der Waals surface area contributed by atoms with E-state index in [0.717, 1.165) is 23.3 Å². The van der Waals surface area contributed by atoms with Crippen LogP contribution in [0.25, 0.3) is 11.0 Å². The number of methoxy groups -OCH3 is 1. The number of fused-ring (bicyclic) bond motifs is 1. The zero-order chi connectivity index (χ0) is 13.5. The van der Waals surface area contributed by atoms with E-state index in [1.165, 1.54) is 25.7 Å². The van der Waals surface area contributed by atoms with Gasteiger partial charge in [0.05, 0.1) is 12.6 Å². The Morgan fingerprint density at radius 3 is 2.79 bits per heavy atom. The Morgan fingerprint density at radius 2 is 2.21 bits per heavy atom. The van der Waals surface area contributed by atoms with Gasteiger partial charge in [-0.2, -0.15) is 0 Å². The molecule has 4 heteroatoms. The number of aromatic nitrogens is 2. The van der Waals surface area contributed by atoms with Gasteiger partial charge in [-0.3, -0.25) is 0 Å². The summed E-state index contributed by atoms with van der Waals surface area (Å²) < 4.78 is 7.51. The van der Waals surface area contributed by atoms with Crippen molar-refractivity contribution >= 4 is 17.0 Å². The van der Waals surface area contributed by atoms with Crippen LogP contribution in [0.15, 0.2) is 18.2 Å². The minimum atomic E-state index is 0.421. The monoisotopic (exact) mass is 259 g/mol. The van der Waals surface area contributed by atoms with Crippen LogP contribution in [0.2, 0.25) is 0 Å². The summed E-state index contributed by atoms with van der Waals surface area (Å²) in [5.41, 5.74) is 8.48. The lowest BCUT2D eigenvalue weighted by Gasteiger charge is -2.41. The molecular weight excluding hydrogens is 238 g/mol. The second kappa shape index (κ2) is 4.44. The summed E-state index contributed by atoms with van der Waals surface area (Å²) in [5, 5.41) is 0. The number of nitrogens with zero attached hydrogens (tertiary/aromatic N) is 2. The van der Waals surface area contributed by atoms with Crippen LogP contribution < -0.4 is 10.5 Å². The van der Waals surface area contributed by atoms with Gasteiger partial charge in [0.15, 0.2) is 0 Å². The van der Waals surface area contributed by atoms with E-state index in [1.807, 2.05) is 12.1 Å². The van der Waals surface area contributed by atoms with Gasteiger partial charge in [0.1, 0.15) is 11.3 Å². The minimum absolute atomic E-state index is 0.421. The lowest BCUT2D eigenvalue weighted by Crippen LogP contribution is -2.33. The van der Waals surface area contributed by atoms with E-state index in [0.29, 0.717) is 11.4 Å². The summed E-state index contributed by atoms with van der Waals surface area (Å²) in [6, 6.07) is 6.00. The number of anilines is 1. The maximum atomic E-state index is 6.11. The Kier molecular flexibility index (Phi) is 2.88. The first-order valence-corrected chi connectivity index (χ1v) is 6.98. The highest BCUT2D eigenvalue weighted by atomic mass is 16.5. The van der Waals surface area contributed by atoms with E-state index in [4.69, 9.17) is 10.5 Å². The number of hydrogen-bond acceptors (Lipinski definition) is 3. The molecule has 0 saturated heterocycles. The Labute approximate surface area is 113 Å². The summed E-state index contributed by atoms with van der Waals surface area (Å²) >= 11 is 0. The molecule has 3 rings (SSSR count). The minimum Gasteiger partial charge on any atom is -0.494 e. The van der Waals surface area contributed by atoms with Gasteiger partial charge in [-0.1, -0.05) is 19.4 Å². The normalized spacial score (nSPS) is 17.4. The first-order valence-electron chi connectivity index (χ1n) is 6.98. The van der Waals surface area contributed by atoms with Gasteiger partial charge in [-0.25, -0.2) is 4.98 Å². The van der Waals surface area contributed by atoms with Crippen LogP contribution in [0, 0.1) is 5.41 Å². The number of ether oxygens (including phenoxy) is 1. The largest absolute Gasteiger partial charge is 0.494 e. The Balaban J connectivity index is 2.06. The number of para-hydroxylation sites is 1. The van der Waals surface area contributed by atoms with Gasteiger partial charge in [0.2, 0.25) is 5.95 Å². The molecule has 102 valence electrons. The standard InChI is InChI=1S/C15H21N3O/c1-3-15(8-5-9-15)10-18-11-6-4-7-12(19-2)13(11)17-14(18)16/h4,6-7H,3,5,8-10H2,1-2H3,(H2,16,17). The molecule has 4 nitrogen and oxygen atoms in total.